The summed E-state index contributed by atoms with van der Waals surface area (Å²) in [5.41, 5.74) is 2.44. The summed E-state index contributed by atoms with van der Waals surface area (Å²) in [7, 11) is 0. The Morgan fingerprint density at radius 1 is 0.867 bits per heavy atom. The van der Waals surface area contributed by atoms with Gasteiger partial charge < -0.3 is 5.32 Å². The van der Waals surface area contributed by atoms with Crippen molar-refractivity contribution in [1.29, 1.82) is 0 Å². The van der Waals surface area contributed by atoms with E-state index in [1.54, 1.807) is 4.90 Å². The highest BCUT2D eigenvalue weighted by Gasteiger charge is 2.18. The van der Waals surface area contributed by atoms with Crippen LogP contribution < -0.4 is 10.2 Å². The number of carbonyl (C=O) groups is 2. The van der Waals surface area contributed by atoms with Crippen LogP contribution in [0.25, 0.3) is 0 Å². The number of hydrogen-bond acceptors (Lipinski definition) is 3. The zero-order valence-electron chi connectivity index (χ0n) is 17.1. The Balaban J connectivity index is 1.69. The second-order valence-corrected chi connectivity index (χ2v) is 7.92. The van der Waals surface area contributed by atoms with Crippen LogP contribution in [0.1, 0.15) is 26.2 Å². The molecule has 5 heteroatoms. The number of amides is 2. The number of unbranched alkanes of at least 4 members (excludes halogenated alkanes) is 1. The molecule has 0 aromatic heterocycles. The van der Waals surface area contributed by atoms with Crippen molar-refractivity contribution < 1.29 is 9.59 Å². The first-order valence-electron chi connectivity index (χ1n) is 10.1. The van der Waals surface area contributed by atoms with E-state index in [-0.39, 0.29) is 17.6 Å². The van der Waals surface area contributed by atoms with E-state index in [2.05, 4.69) is 12.2 Å². The van der Waals surface area contributed by atoms with Gasteiger partial charge in [0.1, 0.15) is 0 Å². The first-order valence-corrected chi connectivity index (χ1v) is 11.1. The van der Waals surface area contributed by atoms with Crippen LogP contribution in [0.5, 0.6) is 0 Å². The first kappa shape index (κ1) is 21.7. The number of nitrogens with zero attached hydrogens (tertiary/aromatic N) is 1. The lowest BCUT2D eigenvalue weighted by Gasteiger charge is -2.23. The number of rotatable bonds is 9. The lowest BCUT2D eigenvalue weighted by molar-refractivity contribution is -0.116. The van der Waals surface area contributed by atoms with Crippen LogP contribution in [-0.2, 0) is 9.59 Å². The normalized spacial score (nSPS) is 10.4. The fraction of sp³-hybridized carbons (Fsp3) is 0.200. The Morgan fingerprint density at radius 3 is 2.10 bits per heavy atom. The van der Waals surface area contributed by atoms with Crippen molar-refractivity contribution in [3.63, 3.8) is 0 Å². The Hall–Kier alpha value is -3.05. The summed E-state index contributed by atoms with van der Waals surface area (Å²) in [4.78, 5) is 27.8. The van der Waals surface area contributed by atoms with E-state index < -0.39 is 0 Å². The number of benzene rings is 3. The molecule has 0 aliphatic carbocycles. The summed E-state index contributed by atoms with van der Waals surface area (Å²) in [6.45, 7) is 2.07. The topological polar surface area (TPSA) is 49.4 Å². The Bertz CT molecular complexity index is 922. The zero-order chi connectivity index (χ0) is 21.2. The second-order valence-electron chi connectivity index (χ2n) is 6.87. The van der Waals surface area contributed by atoms with E-state index in [0.717, 1.165) is 34.8 Å². The fourth-order valence-electron chi connectivity index (χ4n) is 3.03. The molecule has 1 N–H and O–H groups in total. The maximum atomic E-state index is 13.1. The first-order chi connectivity index (χ1) is 14.7. The molecule has 154 valence electrons. The minimum Gasteiger partial charge on any atom is -0.326 e. The number of anilines is 3. The van der Waals surface area contributed by atoms with Crippen LogP contribution in [-0.4, -0.2) is 17.6 Å². The van der Waals surface area contributed by atoms with Crippen molar-refractivity contribution in [3.05, 3.63) is 84.9 Å². The molecular weight excluding hydrogens is 392 g/mol. The van der Waals surface area contributed by atoms with Crippen molar-refractivity contribution in [2.75, 3.05) is 16.0 Å². The highest BCUT2D eigenvalue weighted by molar-refractivity contribution is 8.00. The minimum atomic E-state index is -0.00483. The van der Waals surface area contributed by atoms with E-state index in [9.17, 15) is 9.59 Å². The van der Waals surface area contributed by atoms with Crippen molar-refractivity contribution in [2.45, 2.75) is 31.1 Å². The van der Waals surface area contributed by atoms with Gasteiger partial charge in [0.25, 0.3) is 0 Å². The second kappa shape index (κ2) is 11.2. The molecule has 0 fully saturated rings. The van der Waals surface area contributed by atoms with Crippen LogP contribution in [0, 0.1) is 0 Å². The molecular formula is C25H26N2O2S. The smallest absolute Gasteiger partial charge is 0.241 e. The van der Waals surface area contributed by atoms with Gasteiger partial charge in [-0.2, -0.15) is 0 Å². The Labute approximate surface area is 182 Å². The number of nitrogens with one attached hydrogen (secondary N) is 1. The molecule has 0 aliphatic rings. The quantitative estimate of drug-likeness (QED) is 0.417. The van der Waals surface area contributed by atoms with Crippen LogP contribution >= 0.6 is 11.8 Å². The predicted molar refractivity (Wildman–Crippen MR) is 125 cm³/mol. The molecule has 0 bridgehead atoms. The average Bonchev–Trinajstić information content (AvgIpc) is 2.78. The average molecular weight is 419 g/mol. The molecule has 3 rings (SSSR count). The molecule has 4 nitrogen and oxygen atoms in total. The van der Waals surface area contributed by atoms with Gasteiger partial charge in [-0.25, -0.2) is 0 Å². The highest BCUT2D eigenvalue weighted by atomic mass is 32.2. The molecule has 0 atom stereocenters. The van der Waals surface area contributed by atoms with Crippen molar-refractivity contribution >= 4 is 40.6 Å². The number of carbonyl (C=O) groups excluding carboxylic acids is 2. The van der Waals surface area contributed by atoms with Crippen molar-refractivity contribution in [3.8, 4) is 0 Å². The largest absolute Gasteiger partial charge is 0.326 e. The third-order valence-electron chi connectivity index (χ3n) is 4.52. The van der Waals surface area contributed by atoms with Crippen LogP contribution in [0.4, 0.5) is 17.1 Å². The summed E-state index contributed by atoms with van der Waals surface area (Å²) >= 11 is 1.46. The lowest BCUT2D eigenvalue weighted by atomic mass is 10.2. The van der Waals surface area contributed by atoms with Gasteiger partial charge in [-0.3, -0.25) is 14.5 Å². The van der Waals surface area contributed by atoms with Gasteiger partial charge in [0.2, 0.25) is 11.8 Å². The number of hydrogen-bond donors (Lipinski definition) is 1. The molecule has 0 aliphatic heterocycles. The van der Waals surface area contributed by atoms with Gasteiger partial charge in [-0.15, -0.1) is 11.8 Å². The summed E-state index contributed by atoms with van der Waals surface area (Å²) in [5, 5.41) is 2.93. The van der Waals surface area contributed by atoms with Crippen molar-refractivity contribution in [2.24, 2.45) is 0 Å². The summed E-state index contributed by atoms with van der Waals surface area (Å²) in [5.74, 6) is 0.306. The van der Waals surface area contributed by atoms with Gasteiger partial charge in [-0.05, 0) is 48.9 Å². The fourth-order valence-corrected chi connectivity index (χ4v) is 3.83. The molecule has 3 aromatic carbocycles. The highest BCUT2D eigenvalue weighted by Crippen LogP contribution is 2.28. The maximum Gasteiger partial charge on any atom is 0.241 e. The molecule has 0 spiro atoms. The van der Waals surface area contributed by atoms with E-state index in [1.165, 1.54) is 11.8 Å². The molecule has 0 saturated heterocycles. The van der Waals surface area contributed by atoms with E-state index in [1.807, 2.05) is 84.9 Å². The molecule has 0 heterocycles. The van der Waals surface area contributed by atoms with Gasteiger partial charge in [0.05, 0.1) is 5.75 Å². The monoisotopic (exact) mass is 418 g/mol. The standard InChI is InChI=1S/C25H26N2O2S/c1-2-3-17-24(28)26-20-11-10-16-23(18-20)30-19-25(29)27(21-12-6-4-7-13-21)22-14-8-5-9-15-22/h4-16,18H,2-3,17,19H2,1H3,(H,26,28). The molecule has 2 amide bonds. The van der Waals surface area contributed by atoms with Crippen molar-refractivity contribution in [1.82, 2.24) is 0 Å². The SMILES string of the molecule is CCCCC(=O)Nc1cccc(SCC(=O)N(c2ccccc2)c2ccccc2)c1. The predicted octanol–water partition coefficient (Wildman–Crippen LogP) is 6.27. The maximum absolute atomic E-state index is 13.1. The Morgan fingerprint density at radius 2 is 1.50 bits per heavy atom. The molecule has 0 unspecified atom stereocenters. The van der Waals surface area contributed by atoms with Crippen LogP contribution in [0.3, 0.4) is 0 Å². The molecule has 0 radical (unpaired) electrons. The van der Waals surface area contributed by atoms with E-state index in [0.29, 0.717) is 6.42 Å². The minimum absolute atomic E-state index is 0.00483. The third-order valence-corrected chi connectivity index (χ3v) is 5.49. The molecule has 3 aromatic rings. The van der Waals surface area contributed by atoms with E-state index in [4.69, 9.17) is 0 Å². The summed E-state index contributed by atoms with van der Waals surface area (Å²) in [6.07, 6.45) is 2.39. The van der Waals surface area contributed by atoms with Crippen LogP contribution in [0.2, 0.25) is 0 Å². The molecule has 0 saturated carbocycles. The Kier molecular flexibility index (Phi) is 8.10. The van der Waals surface area contributed by atoms with E-state index >= 15 is 0 Å². The lowest BCUT2D eigenvalue weighted by Crippen LogP contribution is -2.27. The van der Waals surface area contributed by atoms with Gasteiger partial charge in [-0.1, -0.05) is 55.8 Å². The van der Waals surface area contributed by atoms with Gasteiger partial charge >= 0.3 is 0 Å². The molecule has 30 heavy (non-hydrogen) atoms. The van der Waals surface area contributed by atoms with Gasteiger partial charge in [0.15, 0.2) is 0 Å². The third kappa shape index (κ3) is 6.22. The van der Waals surface area contributed by atoms with Gasteiger partial charge in [0, 0.05) is 28.4 Å². The summed E-state index contributed by atoms with van der Waals surface area (Å²) < 4.78 is 0. The zero-order valence-corrected chi connectivity index (χ0v) is 17.9. The van der Waals surface area contributed by atoms with Crippen LogP contribution in [0.15, 0.2) is 89.8 Å². The number of para-hydroxylation sites is 2. The number of thioether (sulfide) groups is 1. The summed E-state index contributed by atoms with van der Waals surface area (Å²) in [6, 6.07) is 26.9.